The first-order valence-corrected chi connectivity index (χ1v) is 6.33. The number of carbonyl (C=O) groups is 1. The van der Waals surface area contributed by atoms with E-state index >= 15 is 0 Å². The number of likely N-dealkylation sites (N-methyl/N-ethyl adjacent to an activating group) is 1. The average molecular weight is 287 g/mol. The summed E-state index contributed by atoms with van der Waals surface area (Å²) in [6.07, 6.45) is 0. The van der Waals surface area contributed by atoms with Crippen molar-refractivity contribution in [2.45, 2.75) is 13.0 Å². The van der Waals surface area contributed by atoms with Crippen LogP contribution in [-0.4, -0.2) is 49.3 Å². The van der Waals surface area contributed by atoms with Gasteiger partial charge in [0.2, 0.25) is 5.91 Å². The molecular weight excluding hydrogens is 268 g/mol. The highest BCUT2D eigenvalue weighted by Gasteiger charge is 2.18. The van der Waals surface area contributed by atoms with Crippen molar-refractivity contribution in [2.24, 2.45) is 0 Å². The van der Waals surface area contributed by atoms with E-state index in [0.29, 0.717) is 23.0 Å². The largest absolute Gasteiger partial charge is 0.495 e. The molecule has 0 aliphatic carbocycles. The fraction of sp³-hybridized carbons (Fsp3) is 0.462. The van der Waals surface area contributed by atoms with Crippen LogP contribution in [0.25, 0.3) is 0 Å². The molecule has 1 aromatic carbocycles. The van der Waals surface area contributed by atoms with Gasteiger partial charge >= 0.3 is 0 Å². The number of amides is 1. The maximum atomic E-state index is 12.1. The lowest BCUT2D eigenvalue weighted by molar-refractivity contribution is -0.120. The molecule has 19 heavy (non-hydrogen) atoms. The monoisotopic (exact) mass is 286 g/mol. The van der Waals surface area contributed by atoms with E-state index in [0.717, 1.165) is 0 Å². The Morgan fingerprint density at radius 3 is 2.84 bits per heavy atom. The van der Waals surface area contributed by atoms with Gasteiger partial charge in [0.15, 0.2) is 0 Å². The van der Waals surface area contributed by atoms with Crippen LogP contribution in [0.4, 0.5) is 5.69 Å². The first-order valence-electron chi connectivity index (χ1n) is 5.95. The van der Waals surface area contributed by atoms with Crippen LogP contribution in [-0.2, 0) is 4.79 Å². The summed E-state index contributed by atoms with van der Waals surface area (Å²) in [5.74, 6) is 0.367. The Balaban J connectivity index is 2.78. The van der Waals surface area contributed by atoms with Crippen LogP contribution in [0.15, 0.2) is 18.2 Å². The number of methoxy groups -OCH3 is 1. The fourth-order valence-corrected chi connectivity index (χ4v) is 1.74. The van der Waals surface area contributed by atoms with E-state index in [9.17, 15) is 4.79 Å². The number of anilines is 1. The van der Waals surface area contributed by atoms with Crippen LogP contribution in [0.2, 0.25) is 5.02 Å². The minimum atomic E-state index is -0.365. The molecule has 5 nitrogen and oxygen atoms in total. The van der Waals surface area contributed by atoms with Crippen molar-refractivity contribution in [1.29, 1.82) is 0 Å². The number of halogens is 1. The number of carbonyl (C=O) groups excluding carboxylic acids is 1. The number of benzene rings is 1. The molecule has 2 N–H and O–H groups in total. The summed E-state index contributed by atoms with van der Waals surface area (Å²) in [4.78, 5) is 13.8. The summed E-state index contributed by atoms with van der Waals surface area (Å²) < 4.78 is 5.16. The van der Waals surface area contributed by atoms with Crippen LogP contribution in [0.5, 0.6) is 5.75 Å². The Bertz CT molecular complexity index is 440. The van der Waals surface area contributed by atoms with Gasteiger partial charge in [-0.2, -0.15) is 0 Å². The zero-order chi connectivity index (χ0) is 14.4. The molecule has 1 amide bonds. The highest BCUT2D eigenvalue weighted by Crippen LogP contribution is 2.27. The minimum absolute atomic E-state index is 0.00854. The van der Waals surface area contributed by atoms with Gasteiger partial charge in [0.25, 0.3) is 0 Å². The summed E-state index contributed by atoms with van der Waals surface area (Å²) >= 11 is 5.90. The Labute approximate surface area is 118 Å². The predicted octanol–water partition coefficient (Wildman–Crippen LogP) is 1.60. The maximum absolute atomic E-state index is 12.1. The molecular formula is C13H19ClN2O3. The lowest BCUT2D eigenvalue weighted by Crippen LogP contribution is -2.40. The minimum Gasteiger partial charge on any atom is -0.495 e. The Kier molecular flexibility index (Phi) is 6.08. The van der Waals surface area contributed by atoms with E-state index in [1.165, 1.54) is 7.11 Å². The smallest absolute Gasteiger partial charge is 0.241 e. The lowest BCUT2D eigenvalue weighted by atomic mass is 10.2. The first kappa shape index (κ1) is 15.8. The normalized spacial score (nSPS) is 12.3. The van der Waals surface area contributed by atoms with Gasteiger partial charge < -0.3 is 15.2 Å². The number of hydrogen-bond acceptors (Lipinski definition) is 4. The van der Waals surface area contributed by atoms with Crippen LogP contribution in [0, 0.1) is 0 Å². The summed E-state index contributed by atoms with van der Waals surface area (Å²) in [5, 5.41) is 12.2. The maximum Gasteiger partial charge on any atom is 0.241 e. The van der Waals surface area contributed by atoms with Crippen molar-refractivity contribution in [1.82, 2.24) is 4.90 Å². The summed E-state index contributed by atoms with van der Waals surface area (Å²) in [6.45, 7) is 2.21. The van der Waals surface area contributed by atoms with Gasteiger partial charge in [-0.15, -0.1) is 0 Å². The SMILES string of the molecule is COc1ccc(Cl)cc1NC(=O)C(C)N(C)CCO. The third kappa shape index (κ3) is 4.38. The molecule has 0 aliphatic rings. The summed E-state index contributed by atoms with van der Waals surface area (Å²) in [7, 11) is 3.30. The predicted molar refractivity (Wildman–Crippen MR) is 75.8 cm³/mol. The number of hydrogen-bond donors (Lipinski definition) is 2. The fourth-order valence-electron chi connectivity index (χ4n) is 1.57. The van der Waals surface area contributed by atoms with Crippen molar-refractivity contribution in [3.05, 3.63) is 23.2 Å². The third-order valence-corrected chi connectivity index (χ3v) is 3.15. The molecule has 0 heterocycles. The zero-order valence-corrected chi connectivity index (χ0v) is 12.1. The second kappa shape index (κ2) is 7.33. The van der Waals surface area contributed by atoms with Crippen LogP contribution in [0.1, 0.15) is 6.92 Å². The van der Waals surface area contributed by atoms with Crippen molar-refractivity contribution in [3.8, 4) is 5.75 Å². The topological polar surface area (TPSA) is 61.8 Å². The lowest BCUT2D eigenvalue weighted by Gasteiger charge is -2.23. The second-order valence-electron chi connectivity index (χ2n) is 4.21. The zero-order valence-electron chi connectivity index (χ0n) is 11.3. The molecule has 0 spiro atoms. The average Bonchev–Trinajstić information content (AvgIpc) is 2.38. The Morgan fingerprint density at radius 1 is 1.58 bits per heavy atom. The van der Waals surface area contributed by atoms with E-state index in [1.54, 1.807) is 37.1 Å². The van der Waals surface area contributed by atoms with Gasteiger partial charge in [-0.25, -0.2) is 0 Å². The number of nitrogens with one attached hydrogen (secondary N) is 1. The molecule has 0 fully saturated rings. The second-order valence-corrected chi connectivity index (χ2v) is 4.65. The number of aliphatic hydroxyl groups excluding tert-OH is 1. The van der Waals surface area contributed by atoms with E-state index in [2.05, 4.69) is 5.32 Å². The van der Waals surface area contributed by atoms with Crippen LogP contribution < -0.4 is 10.1 Å². The Hall–Kier alpha value is -1.30. The Morgan fingerprint density at radius 2 is 2.26 bits per heavy atom. The van der Waals surface area contributed by atoms with E-state index in [-0.39, 0.29) is 18.6 Å². The van der Waals surface area contributed by atoms with E-state index in [4.69, 9.17) is 21.4 Å². The van der Waals surface area contributed by atoms with Crippen LogP contribution >= 0.6 is 11.6 Å². The van der Waals surface area contributed by atoms with Crippen molar-refractivity contribution >= 4 is 23.2 Å². The first-order chi connectivity index (χ1) is 8.99. The van der Waals surface area contributed by atoms with E-state index in [1.807, 2.05) is 0 Å². The van der Waals surface area contributed by atoms with Gasteiger partial charge in [-0.1, -0.05) is 11.6 Å². The molecule has 0 aliphatic heterocycles. The molecule has 0 saturated heterocycles. The molecule has 0 radical (unpaired) electrons. The number of rotatable bonds is 6. The molecule has 1 unspecified atom stereocenters. The van der Waals surface area contributed by atoms with Crippen molar-refractivity contribution in [2.75, 3.05) is 32.6 Å². The standard InChI is InChI=1S/C13H19ClN2O3/c1-9(16(2)6-7-17)13(18)15-11-8-10(14)4-5-12(11)19-3/h4-5,8-9,17H,6-7H2,1-3H3,(H,15,18). The number of nitrogens with zero attached hydrogens (tertiary/aromatic N) is 1. The highest BCUT2D eigenvalue weighted by atomic mass is 35.5. The van der Waals surface area contributed by atoms with Crippen molar-refractivity contribution < 1.29 is 14.6 Å². The third-order valence-electron chi connectivity index (χ3n) is 2.91. The van der Waals surface area contributed by atoms with Gasteiger partial charge in [0, 0.05) is 11.6 Å². The summed E-state index contributed by atoms with van der Waals surface area (Å²) in [5.41, 5.74) is 0.532. The molecule has 1 rings (SSSR count). The molecule has 0 aromatic heterocycles. The van der Waals surface area contributed by atoms with E-state index < -0.39 is 0 Å². The molecule has 1 aromatic rings. The summed E-state index contributed by atoms with van der Waals surface area (Å²) in [6, 6.07) is 4.66. The van der Waals surface area contributed by atoms with Crippen LogP contribution in [0.3, 0.4) is 0 Å². The molecule has 106 valence electrons. The number of ether oxygens (including phenoxy) is 1. The molecule has 0 bridgehead atoms. The number of aliphatic hydroxyl groups is 1. The van der Waals surface area contributed by atoms with Gasteiger partial charge in [-0.05, 0) is 32.2 Å². The van der Waals surface area contributed by atoms with Crippen molar-refractivity contribution in [3.63, 3.8) is 0 Å². The molecule has 6 heteroatoms. The highest BCUT2D eigenvalue weighted by molar-refractivity contribution is 6.31. The van der Waals surface area contributed by atoms with Gasteiger partial charge in [0.05, 0.1) is 25.4 Å². The van der Waals surface area contributed by atoms with Gasteiger partial charge in [0.1, 0.15) is 5.75 Å². The van der Waals surface area contributed by atoms with Gasteiger partial charge in [-0.3, -0.25) is 9.69 Å². The quantitative estimate of drug-likeness (QED) is 0.834. The molecule has 0 saturated carbocycles. The molecule has 1 atom stereocenters.